The molecule has 0 aliphatic heterocycles. The number of fused-ring (bicyclic) bond motifs is 1. The zero-order valence-corrected chi connectivity index (χ0v) is 18.7. The Bertz CT molecular complexity index is 1500. The molecule has 0 saturated heterocycles. The van der Waals surface area contributed by atoms with Gasteiger partial charge in [0.05, 0.1) is 16.7 Å². The summed E-state index contributed by atoms with van der Waals surface area (Å²) in [5, 5.41) is 0. The van der Waals surface area contributed by atoms with Crippen LogP contribution in [-0.4, -0.2) is 18.4 Å². The van der Waals surface area contributed by atoms with E-state index >= 15 is 0 Å². The smallest absolute Gasteiger partial charge is 0.416 e. The van der Waals surface area contributed by atoms with E-state index in [9.17, 15) is 26.0 Å². The second kappa shape index (κ2) is 8.49. The highest BCUT2D eigenvalue weighted by Gasteiger charge is 2.34. The number of nitrogens with zero attached hydrogens (tertiary/aromatic N) is 2. The van der Waals surface area contributed by atoms with Crippen LogP contribution in [0.2, 0.25) is 0 Å². The first-order valence-electron chi connectivity index (χ1n) is 10.5. The molecule has 11 heteroatoms. The van der Waals surface area contributed by atoms with Gasteiger partial charge in [-0.25, -0.2) is 18.4 Å². The highest BCUT2D eigenvalue weighted by Crippen LogP contribution is 2.44. The third-order valence-corrected chi connectivity index (χ3v) is 7.23. The van der Waals surface area contributed by atoms with E-state index in [-0.39, 0.29) is 28.1 Å². The minimum absolute atomic E-state index is 0.0247. The van der Waals surface area contributed by atoms with Crippen molar-refractivity contribution in [2.75, 3.05) is 4.72 Å². The van der Waals surface area contributed by atoms with Crippen LogP contribution in [0.3, 0.4) is 0 Å². The molecule has 2 aromatic carbocycles. The standard InChI is InChI=1S/C24H17F4N3O3S/c25-21-2-1-3-22(30-21)31-35(32,33)16-6-9-17-14(12-16)4-7-18(17)19-8-5-15(24(26,27)28)13-20(19)23-29-10-11-34-23/h1-3,5-6,8-13,18H,4,7H2,(H,30,31). The molecule has 2 aromatic heterocycles. The van der Waals surface area contributed by atoms with Crippen LogP contribution in [0.4, 0.5) is 23.4 Å². The summed E-state index contributed by atoms with van der Waals surface area (Å²) in [5.41, 5.74) is 1.59. The number of halogens is 4. The number of benzene rings is 2. The number of hydrogen-bond donors (Lipinski definition) is 1. The third kappa shape index (κ3) is 4.51. The van der Waals surface area contributed by atoms with E-state index in [1.165, 1.54) is 42.8 Å². The van der Waals surface area contributed by atoms with E-state index in [1.807, 2.05) is 0 Å². The van der Waals surface area contributed by atoms with E-state index in [2.05, 4.69) is 14.7 Å². The zero-order chi connectivity index (χ0) is 24.8. The molecular formula is C24H17F4N3O3S. The largest absolute Gasteiger partial charge is 0.445 e. The lowest BCUT2D eigenvalue weighted by atomic mass is 9.88. The monoisotopic (exact) mass is 503 g/mol. The molecule has 0 radical (unpaired) electrons. The molecule has 1 unspecified atom stereocenters. The number of rotatable bonds is 5. The Kier molecular flexibility index (Phi) is 5.59. The van der Waals surface area contributed by atoms with Gasteiger partial charge < -0.3 is 4.42 Å². The third-order valence-electron chi connectivity index (χ3n) is 5.88. The van der Waals surface area contributed by atoms with Crippen molar-refractivity contribution in [3.8, 4) is 11.5 Å². The van der Waals surface area contributed by atoms with Crippen molar-refractivity contribution < 1.29 is 30.4 Å². The Labute approximate surface area is 197 Å². The number of oxazole rings is 1. The normalized spacial score (nSPS) is 15.7. The van der Waals surface area contributed by atoms with Crippen LogP contribution < -0.4 is 4.72 Å². The summed E-state index contributed by atoms with van der Waals surface area (Å²) in [6, 6.07) is 11.8. The van der Waals surface area contributed by atoms with Gasteiger partial charge in [-0.3, -0.25) is 4.72 Å². The molecular weight excluding hydrogens is 486 g/mol. The van der Waals surface area contributed by atoms with Crippen LogP contribution in [0.5, 0.6) is 0 Å². The van der Waals surface area contributed by atoms with Crippen molar-refractivity contribution in [2.45, 2.75) is 29.8 Å². The molecule has 5 rings (SSSR count). The highest BCUT2D eigenvalue weighted by atomic mass is 32.2. The minimum Gasteiger partial charge on any atom is -0.445 e. The average molecular weight is 503 g/mol. The highest BCUT2D eigenvalue weighted by molar-refractivity contribution is 7.92. The van der Waals surface area contributed by atoms with Crippen LogP contribution in [0.15, 0.2) is 76.4 Å². The first-order valence-corrected chi connectivity index (χ1v) is 12.0. The summed E-state index contributed by atoms with van der Waals surface area (Å²) in [5.74, 6) is -1.17. The molecule has 1 aliphatic carbocycles. The second-order valence-corrected chi connectivity index (χ2v) is 9.72. The lowest BCUT2D eigenvalue weighted by molar-refractivity contribution is -0.137. The Morgan fingerprint density at radius 3 is 2.54 bits per heavy atom. The molecule has 6 nitrogen and oxygen atoms in total. The van der Waals surface area contributed by atoms with Crippen molar-refractivity contribution in [3.63, 3.8) is 0 Å². The van der Waals surface area contributed by atoms with Gasteiger partial charge in [0.2, 0.25) is 11.8 Å². The fraction of sp³-hybridized carbons (Fsp3) is 0.167. The van der Waals surface area contributed by atoms with Gasteiger partial charge in [-0.15, -0.1) is 0 Å². The maximum Gasteiger partial charge on any atom is 0.416 e. The van der Waals surface area contributed by atoms with Crippen LogP contribution in [0, 0.1) is 5.95 Å². The maximum absolute atomic E-state index is 13.4. The number of sulfonamides is 1. The fourth-order valence-electron chi connectivity index (χ4n) is 4.32. The molecule has 0 saturated carbocycles. The molecule has 1 N–H and O–H groups in total. The quantitative estimate of drug-likeness (QED) is 0.276. The summed E-state index contributed by atoms with van der Waals surface area (Å²) in [6.07, 6.45) is -0.788. The molecule has 1 aliphatic rings. The SMILES string of the molecule is O=S(=O)(Nc1cccc(F)n1)c1ccc2c(c1)CCC2c1ccc(C(F)(F)F)cc1-c1ncco1. The van der Waals surface area contributed by atoms with Crippen molar-refractivity contribution in [1.29, 1.82) is 0 Å². The molecule has 180 valence electrons. The first kappa shape index (κ1) is 23.0. The summed E-state index contributed by atoms with van der Waals surface area (Å²) >= 11 is 0. The summed E-state index contributed by atoms with van der Waals surface area (Å²) in [4.78, 5) is 7.53. The lowest BCUT2D eigenvalue weighted by Crippen LogP contribution is -2.14. The van der Waals surface area contributed by atoms with Crippen LogP contribution in [0.1, 0.15) is 34.6 Å². The molecule has 0 amide bonds. The predicted octanol–water partition coefficient (Wildman–Crippen LogP) is 5.77. The first-order chi connectivity index (χ1) is 16.6. The van der Waals surface area contributed by atoms with Gasteiger partial charge in [-0.05, 0) is 65.9 Å². The Hall–Kier alpha value is -3.73. The van der Waals surface area contributed by atoms with E-state index in [0.29, 0.717) is 18.4 Å². The Morgan fingerprint density at radius 2 is 1.83 bits per heavy atom. The zero-order valence-electron chi connectivity index (χ0n) is 17.9. The molecule has 2 heterocycles. The van der Waals surface area contributed by atoms with Crippen LogP contribution >= 0.6 is 0 Å². The van der Waals surface area contributed by atoms with Gasteiger partial charge in [0, 0.05) is 11.5 Å². The van der Waals surface area contributed by atoms with Crippen LogP contribution in [0.25, 0.3) is 11.5 Å². The van der Waals surface area contributed by atoms with Gasteiger partial charge in [-0.2, -0.15) is 17.6 Å². The number of nitrogens with one attached hydrogen (secondary N) is 1. The van der Waals surface area contributed by atoms with Crippen molar-refractivity contribution in [3.05, 3.63) is 95.3 Å². The van der Waals surface area contributed by atoms with E-state index in [1.54, 1.807) is 6.07 Å². The van der Waals surface area contributed by atoms with E-state index in [4.69, 9.17) is 4.42 Å². The molecule has 35 heavy (non-hydrogen) atoms. The van der Waals surface area contributed by atoms with Crippen LogP contribution in [-0.2, 0) is 22.6 Å². The second-order valence-electron chi connectivity index (χ2n) is 8.04. The predicted molar refractivity (Wildman–Crippen MR) is 119 cm³/mol. The van der Waals surface area contributed by atoms with Crippen molar-refractivity contribution in [1.82, 2.24) is 9.97 Å². The summed E-state index contributed by atoms with van der Waals surface area (Å²) in [6.45, 7) is 0. The van der Waals surface area contributed by atoms with Gasteiger partial charge >= 0.3 is 6.18 Å². The number of pyridine rings is 1. The molecule has 0 bridgehead atoms. The number of hydrogen-bond acceptors (Lipinski definition) is 5. The molecule has 4 aromatic rings. The number of aryl methyl sites for hydroxylation is 1. The van der Waals surface area contributed by atoms with Gasteiger partial charge in [-0.1, -0.05) is 18.2 Å². The number of alkyl halides is 3. The Morgan fingerprint density at radius 1 is 1.03 bits per heavy atom. The van der Waals surface area contributed by atoms with Gasteiger partial charge in [0.1, 0.15) is 12.1 Å². The van der Waals surface area contributed by atoms with Crippen molar-refractivity contribution >= 4 is 15.8 Å². The molecule has 1 atom stereocenters. The van der Waals surface area contributed by atoms with E-state index < -0.39 is 27.7 Å². The minimum atomic E-state index is -4.53. The lowest BCUT2D eigenvalue weighted by Gasteiger charge is -2.18. The Balaban J connectivity index is 1.50. The number of aromatic nitrogens is 2. The average Bonchev–Trinajstić information content (AvgIpc) is 3.47. The topological polar surface area (TPSA) is 85.1 Å². The summed E-state index contributed by atoms with van der Waals surface area (Å²) < 4.78 is 86.6. The van der Waals surface area contributed by atoms with Gasteiger partial charge in [0.15, 0.2) is 0 Å². The fourth-order valence-corrected chi connectivity index (χ4v) is 5.38. The van der Waals surface area contributed by atoms with Gasteiger partial charge in [0.25, 0.3) is 10.0 Å². The number of anilines is 1. The van der Waals surface area contributed by atoms with Crippen molar-refractivity contribution in [2.24, 2.45) is 0 Å². The summed E-state index contributed by atoms with van der Waals surface area (Å²) in [7, 11) is -4.03. The molecule has 0 fully saturated rings. The van der Waals surface area contributed by atoms with E-state index in [0.717, 1.165) is 29.3 Å². The molecule has 0 spiro atoms. The maximum atomic E-state index is 13.4.